The number of hydrogen-bond donors (Lipinski definition) is 0. The smallest absolute Gasteiger partial charge is 0.0131 e. The summed E-state index contributed by atoms with van der Waals surface area (Å²) < 4.78 is 0. The van der Waals surface area contributed by atoms with E-state index in [1.165, 1.54) is 259 Å². The molecule has 0 unspecified atom stereocenters. The highest BCUT2D eigenvalue weighted by molar-refractivity contribution is 7.14. The third kappa shape index (κ3) is 11.9. The molecule has 0 saturated heterocycles. The van der Waals surface area contributed by atoms with Crippen LogP contribution in [0.1, 0.15) is 227 Å². The third-order valence-electron chi connectivity index (χ3n) is 15.3. The van der Waals surface area contributed by atoms with Gasteiger partial charge >= 0.3 is 0 Å². The molecule has 66 heavy (non-hydrogen) atoms. The van der Waals surface area contributed by atoms with E-state index < -0.39 is 0 Å². The van der Waals surface area contributed by atoms with Crippen LogP contribution in [0, 0.1) is 0 Å². The average Bonchev–Trinajstić information content (AvgIpc) is 4.15. The summed E-state index contributed by atoms with van der Waals surface area (Å²) in [5.74, 6) is 0. The van der Waals surface area contributed by atoms with E-state index in [1.807, 2.05) is 0 Å². The Labute approximate surface area is 416 Å². The highest BCUT2D eigenvalue weighted by atomic mass is 32.1. The number of hydrogen-bond acceptors (Lipinski definition) is 4. The Balaban J connectivity index is 1.18. The third-order valence-corrected chi connectivity index (χ3v) is 19.5. The molecule has 0 aliphatic heterocycles. The largest absolute Gasteiger partial charge is 0.148 e. The molecule has 8 aromatic rings. The predicted molar refractivity (Wildman–Crippen MR) is 307 cm³/mol. The van der Waals surface area contributed by atoms with Crippen molar-refractivity contribution in [2.75, 3.05) is 0 Å². The molecule has 8 rings (SSSR count). The molecular weight excluding hydrogens is 873 g/mol. The van der Waals surface area contributed by atoms with Crippen LogP contribution in [-0.2, 0) is 25.7 Å². The number of thiophene rings is 4. The minimum absolute atomic E-state index is 1.22. The molecule has 4 aromatic carbocycles. The van der Waals surface area contributed by atoms with Crippen molar-refractivity contribution in [3.63, 3.8) is 0 Å². The van der Waals surface area contributed by atoms with Crippen molar-refractivity contribution in [2.45, 2.75) is 233 Å². The highest BCUT2D eigenvalue weighted by Gasteiger charge is 2.22. The van der Waals surface area contributed by atoms with Crippen molar-refractivity contribution >= 4 is 121 Å². The number of rotatable bonds is 32. The van der Waals surface area contributed by atoms with Crippen LogP contribution in [-0.4, -0.2) is 0 Å². The van der Waals surface area contributed by atoms with Gasteiger partial charge in [-0.15, -0.1) is 45.3 Å². The predicted octanol–water partition coefficient (Wildman–Crippen LogP) is 23.2. The van der Waals surface area contributed by atoms with Gasteiger partial charge in [0.2, 0.25) is 0 Å². The zero-order chi connectivity index (χ0) is 45.5. The molecule has 0 saturated carbocycles. The number of aryl methyl sites for hydroxylation is 4. The van der Waals surface area contributed by atoms with Gasteiger partial charge < -0.3 is 0 Å². The lowest BCUT2D eigenvalue weighted by atomic mass is 9.90. The molecule has 0 nitrogen and oxygen atoms in total. The monoisotopic (exact) mass is 957 g/mol. The lowest BCUT2D eigenvalue weighted by Crippen LogP contribution is -1.90. The van der Waals surface area contributed by atoms with Crippen molar-refractivity contribution in [3.8, 4) is 0 Å². The van der Waals surface area contributed by atoms with Crippen molar-refractivity contribution < 1.29 is 0 Å². The topological polar surface area (TPSA) is 0 Å². The Bertz CT molecular complexity index is 2360. The zero-order valence-corrected chi connectivity index (χ0v) is 45.1. The molecule has 4 aromatic heterocycles. The summed E-state index contributed by atoms with van der Waals surface area (Å²) in [6.45, 7) is 9.31. The second-order valence-corrected chi connectivity index (χ2v) is 24.3. The van der Waals surface area contributed by atoms with Crippen LogP contribution in [0.2, 0.25) is 0 Å². The van der Waals surface area contributed by atoms with E-state index in [-0.39, 0.29) is 0 Å². The van der Waals surface area contributed by atoms with Crippen molar-refractivity contribution in [3.05, 3.63) is 65.3 Å². The van der Waals surface area contributed by atoms with Crippen LogP contribution in [0.25, 0.3) is 75.4 Å². The first-order valence-electron chi connectivity index (χ1n) is 27.7. The summed E-state index contributed by atoms with van der Waals surface area (Å²) in [4.78, 5) is 6.57. The van der Waals surface area contributed by atoms with E-state index >= 15 is 0 Å². The van der Waals surface area contributed by atoms with Gasteiger partial charge in [-0.05, 0) is 129 Å². The van der Waals surface area contributed by atoms with E-state index in [9.17, 15) is 0 Å². The molecular formula is C62H84S4. The molecule has 0 radical (unpaired) electrons. The van der Waals surface area contributed by atoms with Gasteiger partial charge in [0.1, 0.15) is 0 Å². The number of fused-ring (bicyclic) bond motifs is 13. The quantitative estimate of drug-likeness (QED) is 0.0291. The van der Waals surface area contributed by atoms with E-state index in [4.69, 9.17) is 0 Å². The van der Waals surface area contributed by atoms with Gasteiger partial charge in [0.15, 0.2) is 0 Å². The van der Waals surface area contributed by atoms with Gasteiger partial charge in [-0.25, -0.2) is 0 Å². The Morgan fingerprint density at radius 2 is 0.439 bits per heavy atom. The molecule has 0 N–H and O–H groups in total. The van der Waals surface area contributed by atoms with Crippen molar-refractivity contribution in [2.24, 2.45) is 0 Å². The minimum Gasteiger partial charge on any atom is -0.148 e. The van der Waals surface area contributed by atoms with Gasteiger partial charge in [0.05, 0.1) is 0 Å². The molecule has 0 aliphatic rings. The van der Waals surface area contributed by atoms with Crippen LogP contribution in [0.15, 0.2) is 45.8 Å². The van der Waals surface area contributed by atoms with E-state index in [1.54, 1.807) is 41.1 Å². The molecule has 0 spiro atoms. The van der Waals surface area contributed by atoms with E-state index in [0.29, 0.717) is 0 Å². The minimum atomic E-state index is 1.22. The van der Waals surface area contributed by atoms with Crippen LogP contribution < -0.4 is 0 Å². The summed E-state index contributed by atoms with van der Waals surface area (Å²) in [5.41, 5.74) is 0. The van der Waals surface area contributed by atoms with Crippen molar-refractivity contribution in [1.82, 2.24) is 0 Å². The molecule has 0 bridgehead atoms. The molecule has 0 atom stereocenters. The Kier molecular flexibility index (Phi) is 19.6. The second kappa shape index (κ2) is 25.9. The zero-order valence-electron chi connectivity index (χ0n) is 41.9. The fourth-order valence-corrected chi connectivity index (χ4v) is 15.8. The Hall–Kier alpha value is -2.50. The summed E-state index contributed by atoms with van der Waals surface area (Å²) in [6.07, 6.45) is 43.3. The molecule has 356 valence electrons. The lowest BCUT2D eigenvalue weighted by molar-refractivity contribution is 0.590. The first-order valence-corrected chi connectivity index (χ1v) is 31.2. The van der Waals surface area contributed by atoms with Crippen molar-refractivity contribution in [1.29, 1.82) is 0 Å². The fourth-order valence-electron chi connectivity index (χ4n) is 11.4. The summed E-state index contributed by atoms with van der Waals surface area (Å²) in [6, 6.07) is 10.5. The molecule has 4 heteroatoms. The van der Waals surface area contributed by atoms with Gasteiger partial charge in [-0.1, -0.05) is 182 Å². The van der Waals surface area contributed by atoms with Crippen LogP contribution in [0.5, 0.6) is 0 Å². The summed E-state index contributed by atoms with van der Waals surface area (Å²) in [5, 5.41) is 31.5. The van der Waals surface area contributed by atoms with Crippen LogP contribution in [0.3, 0.4) is 0 Å². The second-order valence-electron chi connectivity index (χ2n) is 20.4. The Morgan fingerprint density at radius 1 is 0.242 bits per heavy atom. The van der Waals surface area contributed by atoms with Gasteiger partial charge in [0.25, 0.3) is 0 Å². The lowest BCUT2D eigenvalue weighted by Gasteiger charge is -2.13. The molecule has 4 heterocycles. The first kappa shape index (κ1) is 49.9. The Morgan fingerprint density at radius 3 is 0.652 bits per heavy atom. The summed E-state index contributed by atoms with van der Waals surface area (Å²) in [7, 11) is 0. The SMILES string of the molecule is CCCCCCCCCc1scc2c3cc4cc5c(cc4cc3c3csc(CCCCCCCCC)c3c12)c1csc(CCCCCCCCC)c1c1c(CCCCCCCCC)scc51. The van der Waals surface area contributed by atoms with E-state index in [2.05, 4.69) is 119 Å². The standard InChI is InChI=1S/C62H84S4/c1-5-9-13-17-21-25-29-33-55-59-51(41-63-55)47-37-45-39-49-50(40-46(45)38-48(47)52-42-64-56(60(52)59)34-30-26-22-18-14-10-6-2)54-44-66-58(36-32-28-24-20-16-12-8-4)62(54)61-53(49)43-65-57(61)35-31-27-23-19-15-11-7-3/h37-44H,5-36H2,1-4H3. The van der Waals surface area contributed by atoms with E-state index in [0.717, 1.165) is 0 Å². The molecule has 0 fully saturated rings. The first-order chi connectivity index (χ1) is 32.7. The number of unbranched alkanes of at least 4 members (excludes halogenated alkanes) is 24. The van der Waals surface area contributed by atoms with Crippen LogP contribution in [0.4, 0.5) is 0 Å². The maximum absolute atomic E-state index is 2.62. The summed E-state index contributed by atoms with van der Waals surface area (Å²) >= 11 is 8.25. The average molecular weight is 958 g/mol. The van der Waals surface area contributed by atoms with Crippen LogP contribution >= 0.6 is 45.3 Å². The highest BCUT2D eigenvalue weighted by Crippen LogP contribution is 2.48. The maximum atomic E-state index is 2.62. The number of benzene rings is 4. The molecule has 0 amide bonds. The maximum Gasteiger partial charge on any atom is 0.0131 e. The normalized spacial score (nSPS) is 12.4. The van der Waals surface area contributed by atoms with Gasteiger partial charge in [-0.2, -0.15) is 0 Å². The fraction of sp³-hybridized carbons (Fsp3) is 0.581. The van der Waals surface area contributed by atoms with Gasteiger partial charge in [0, 0.05) is 62.6 Å². The molecule has 0 aliphatic carbocycles. The van der Waals surface area contributed by atoms with Gasteiger partial charge in [-0.3, -0.25) is 0 Å².